The number of ether oxygens (including phenoxy) is 2. The third-order valence-corrected chi connectivity index (χ3v) is 7.36. The first-order valence-corrected chi connectivity index (χ1v) is 12.6. The first-order valence-electron chi connectivity index (χ1n) is 10.8. The van der Waals surface area contributed by atoms with Crippen molar-refractivity contribution in [2.45, 2.75) is 25.2 Å². The van der Waals surface area contributed by atoms with Crippen LogP contribution in [0.4, 0.5) is 11.4 Å². The van der Waals surface area contributed by atoms with E-state index in [2.05, 4.69) is 5.32 Å². The number of amides is 1. The molecule has 34 heavy (non-hydrogen) atoms. The van der Waals surface area contributed by atoms with E-state index in [1.807, 2.05) is 19.9 Å². The molecule has 0 fully saturated rings. The number of hydrogen-bond acceptors (Lipinski definition) is 5. The van der Waals surface area contributed by atoms with Crippen molar-refractivity contribution in [2.24, 2.45) is 0 Å². The lowest BCUT2D eigenvalue weighted by atomic mass is 10.1. The minimum Gasteiger partial charge on any atom is -0.486 e. The standard InChI is InChI=1S/C25H25ClN2O5S/c1-17-13-18(2)15-21(14-17)28(34(30,31)22-6-3-19(26)4-7-22)10-9-25(29)27-20-5-8-23-24(16-20)33-12-11-32-23/h3-8,13-16H,9-12H2,1-2H3,(H,27,29). The number of benzene rings is 3. The highest BCUT2D eigenvalue weighted by molar-refractivity contribution is 7.92. The summed E-state index contributed by atoms with van der Waals surface area (Å²) in [6.45, 7) is 4.69. The number of halogens is 1. The average molecular weight is 501 g/mol. The molecule has 0 bridgehead atoms. The van der Waals surface area contributed by atoms with Crippen LogP contribution in [0.5, 0.6) is 11.5 Å². The molecule has 0 radical (unpaired) electrons. The third-order valence-electron chi connectivity index (χ3n) is 5.26. The lowest BCUT2D eigenvalue weighted by molar-refractivity contribution is -0.116. The molecule has 1 heterocycles. The van der Waals surface area contributed by atoms with E-state index < -0.39 is 10.0 Å². The predicted octanol–water partition coefficient (Wildman–Crippen LogP) is 4.95. The van der Waals surface area contributed by atoms with Gasteiger partial charge in [0.1, 0.15) is 13.2 Å². The SMILES string of the molecule is Cc1cc(C)cc(N(CCC(=O)Nc2ccc3c(c2)OCCO3)S(=O)(=O)c2ccc(Cl)cc2)c1. The van der Waals surface area contributed by atoms with Crippen LogP contribution in [0.3, 0.4) is 0 Å². The van der Waals surface area contributed by atoms with Crippen molar-refractivity contribution in [3.05, 3.63) is 76.8 Å². The Bertz CT molecular complexity index is 1290. The number of rotatable bonds is 7. The van der Waals surface area contributed by atoms with Crippen molar-refractivity contribution in [1.29, 1.82) is 0 Å². The van der Waals surface area contributed by atoms with Crippen LogP contribution in [0.1, 0.15) is 17.5 Å². The molecule has 4 rings (SSSR count). The molecule has 9 heteroatoms. The largest absolute Gasteiger partial charge is 0.486 e. The fraction of sp³-hybridized carbons (Fsp3) is 0.240. The molecule has 1 aliphatic heterocycles. The Hall–Kier alpha value is -3.23. The summed E-state index contributed by atoms with van der Waals surface area (Å²) in [4.78, 5) is 12.8. The fourth-order valence-electron chi connectivity index (χ4n) is 3.76. The molecule has 1 amide bonds. The van der Waals surface area contributed by atoms with Crippen molar-refractivity contribution >= 4 is 38.9 Å². The van der Waals surface area contributed by atoms with Crippen molar-refractivity contribution in [3.63, 3.8) is 0 Å². The van der Waals surface area contributed by atoms with Crippen LogP contribution in [-0.2, 0) is 14.8 Å². The topological polar surface area (TPSA) is 84.9 Å². The van der Waals surface area contributed by atoms with Crippen LogP contribution in [-0.4, -0.2) is 34.1 Å². The summed E-state index contributed by atoms with van der Waals surface area (Å²) in [5, 5.41) is 3.25. The summed E-state index contributed by atoms with van der Waals surface area (Å²) in [6, 6.07) is 16.7. The molecule has 0 aromatic heterocycles. The number of fused-ring (bicyclic) bond motifs is 1. The molecule has 0 unspecified atom stereocenters. The summed E-state index contributed by atoms with van der Waals surface area (Å²) in [7, 11) is -3.93. The van der Waals surface area contributed by atoms with Crippen LogP contribution in [0.2, 0.25) is 5.02 Å². The Morgan fingerprint density at radius 2 is 1.59 bits per heavy atom. The molecule has 1 N–H and O–H groups in total. The molecule has 0 saturated carbocycles. The molecular formula is C25H25ClN2O5S. The van der Waals surface area contributed by atoms with Crippen LogP contribution >= 0.6 is 11.6 Å². The molecule has 0 saturated heterocycles. The van der Waals surface area contributed by atoms with E-state index >= 15 is 0 Å². The zero-order chi connectivity index (χ0) is 24.3. The fourth-order valence-corrected chi connectivity index (χ4v) is 5.34. The summed E-state index contributed by atoms with van der Waals surface area (Å²) >= 11 is 5.95. The second kappa shape index (κ2) is 9.95. The second-order valence-corrected chi connectivity index (χ2v) is 10.3. The van der Waals surface area contributed by atoms with Crippen molar-refractivity contribution in [3.8, 4) is 11.5 Å². The number of carbonyl (C=O) groups is 1. The minimum atomic E-state index is -3.93. The van der Waals surface area contributed by atoms with Gasteiger partial charge in [-0.1, -0.05) is 17.7 Å². The van der Waals surface area contributed by atoms with Crippen LogP contribution in [0.15, 0.2) is 65.6 Å². The minimum absolute atomic E-state index is 0.0375. The van der Waals surface area contributed by atoms with Gasteiger partial charge in [0.15, 0.2) is 11.5 Å². The Morgan fingerprint density at radius 3 is 2.26 bits per heavy atom. The molecular weight excluding hydrogens is 476 g/mol. The molecule has 0 spiro atoms. The Kier molecular flexibility index (Phi) is 7.00. The van der Waals surface area contributed by atoms with E-state index in [1.54, 1.807) is 30.3 Å². The number of anilines is 2. The lowest BCUT2D eigenvalue weighted by Gasteiger charge is -2.25. The van der Waals surface area contributed by atoms with Gasteiger partial charge >= 0.3 is 0 Å². The Morgan fingerprint density at radius 1 is 0.941 bits per heavy atom. The molecule has 3 aromatic rings. The predicted molar refractivity (Wildman–Crippen MR) is 133 cm³/mol. The van der Waals surface area contributed by atoms with E-state index in [0.29, 0.717) is 41.1 Å². The van der Waals surface area contributed by atoms with E-state index in [4.69, 9.17) is 21.1 Å². The van der Waals surface area contributed by atoms with Gasteiger partial charge in [0.25, 0.3) is 10.0 Å². The Balaban J connectivity index is 1.56. The van der Waals surface area contributed by atoms with Gasteiger partial charge in [-0.25, -0.2) is 8.42 Å². The average Bonchev–Trinajstić information content (AvgIpc) is 2.78. The summed E-state index contributed by atoms with van der Waals surface area (Å²) in [5.74, 6) is 0.864. The normalized spacial score (nSPS) is 12.8. The molecule has 178 valence electrons. The van der Waals surface area contributed by atoms with Gasteiger partial charge in [-0.15, -0.1) is 0 Å². The maximum absolute atomic E-state index is 13.5. The smallest absolute Gasteiger partial charge is 0.264 e. The number of aryl methyl sites for hydroxylation is 2. The maximum Gasteiger partial charge on any atom is 0.264 e. The first-order chi connectivity index (χ1) is 16.2. The highest BCUT2D eigenvalue weighted by Gasteiger charge is 2.26. The number of sulfonamides is 1. The van der Waals surface area contributed by atoms with Gasteiger partial charge in [0.2, 0.25) is 5.91 Å². The van der Waals surface area contributed by atoms with E-state index in [0.717, 1.165) is 11.1 Å². The van der Waals surface area contributed by atoms with Gasteiger partial charge < -0.3 is 14.8 Å². The Labute approximate surface area is 204 Å². The highest BCUT2D eigenvalue weighted by Crippen LogP contribution is 2.33. The van der Waals surface area contributed by atoms with Crippen molar-refractivity contribution in [1.82, 2.24) is 0 Å². The third kappa shape index (κ3) is 5.46. The van der Waals surface area contributed by atoms with Gasteiger partial charge in [-0.3, -0.25) is 9.10 Å². The van der Waals surface area contributed by atoms with Crippen LogP contribution in [0.25, 0.3) is 0 Å². The van der Waals surface area contributed by atoms with Gasteiger partial charge in [-0.05, 0) is 73.5 Å². The van der Waals surface area contributed by atoms with Crippen molar-refractivity contribution < 1.29 is 22.7 Å². The zero-order valence-corrected chi connectivity index (χ0v) is 20.4. The summed E-state index contributed by atoms with van der Waals surface area (Å²) < 4.78 is 39.4. The molecule has 0 aliphatic carbocycles. The van der Waals surface area contributed by atoms with Crippen LogP contribution in [0, 0.1) is 13.8 Å². The maximum atomic E-state index is 13.5. The van der Waals surface area contributed by atoms with Gasteiger partial charge in [-0.2, -0.15) is 0 Å². The number of carbonyl (C=O) groups excluding carboxylic acids is 1. The molecule has 7 nitrogen and oxygen atoms in total. The van der Waals surface area contributed by atoms with E-state index in [9.17, 15) is 13.2 Å². The molecule has 0 atom stereocenters. The van der Waals surface area contributed by atoms with Gasteiger partial charge in [0.05, 0.1) is 10.6 Å². The quantitative estimate of drug-likeness (QED) is 0.496. The second-order valence-electron chi connectivity index (χ2n) is 8.03. The number of hydrogen-bond donors (Lipinski definition) is 1. The summed E-state index contributed by atoms with van der Waals surface area (Å²) in [6.07, 6.45) is -0.0474. The van der Waals surface area contributed by atoms with E-state index in [1.165, 1.54) is 28.6 Å². The first kappa shape index (κ1) is 23.9. The zero-order valence-electron chi connectivity index (χ0n) is 18.9. The molecule has 1 aliphatic rings. The lowest BCUT2D eigenvalue weighted by Crippen LogP contribution is -2.34. The number of nitrogens with zero attached hydrogens (tertiary/aromatic N) is 1. The monoisotopic (exact) mass is 500 g/mol. The number of nitrogens with one attached hydrogen (secondary N) is 1. The van der Waals surface area contributed by atoms with Crippen molar-refractivity contribution in [2.75, 3.05) is 29.4 Å². The highest BCUT2D eigenvalue weighted by atomic mass is 35.5. The van der Waals surface area contributed by atoms with E-state index in [-0.39, 0.29) is 23.8 Å². The van der Waals surface area contributed by atoms with Crippen LogP contribution < -0.4 is 19.1 Å². The summed E-state index contributed by atoms with van der Waals surface area (Å²) in [5.41, 5.74) is 2.89. The molecule has 3 aromatic carbocycles. The van der Waals surface area contributed by atoms with Gasteiger partial charge in [0, 0.05) is 29.7 Å².